The molecule has 1 aromatic carbocycles. The van der Waals surface area contributed by atoms with Crippen LogP contribution in [0.3, 0.4) is 0 Å². The lowest BCUT2D eigenvalue weighted by molar-refractivity contribution is -0.0378. The Morgan fingerprint density at radius 3 is 2.68 bits per heavy atom. The second-order valence-electron chi connectivity index (χ2n) is 7.34. The molecular formula is C21H30F2N2O3. The molecule has 1 aromatic rings. The van der Waals surface area contributed by atoms with Crippen LogP contribution >= 0.6 is 0 Å². The van der Waals surface area contributed by atoms with Crippen molar-refractivity contribution in [2.45, 2.75) is 63.8 Å². The highest BCUT2D eigenvalue weighted by Crippen LogP contribution is 2.36. The summed E-state index contributed by atoms with van der Waals surface area (Å²) >= 11 is 0. The third kappa shape index (κ3) is 6.77. The Morgan fingerprint density at radius 2 is 2.00 bits per heavy atom. The van der Waals surface area contributed by atoms with Gasteiger partial charge >= 0.3 is 6.09 Å². The molecule has 1 amide bonds. The molecule has 1 N–H and O–H groups in total. The molecule has 0 saturated heterocycles. The van der Waals surface area contributed by atoms with Gasteiger partial charge in [-0.15, -0.1) is 0 Å². The van der Waals surface area contributed by atoms with Crippen LogP contribution in [0, 0.1) is 0 Å². The highest BCUT2D eigenvalue weighted by molar-refractivity contribution is 5.97. The Morgan fingerprint density at radius 1 is 1.29 bits per heavy atom. The van der Waals surface area contributed by atoms with Gasteiger partial charge in [-0.3, -0.25) is 4.79 Å². The zero-order chi connectivity index (χ0) is 20.6. The molecule has 0 radical (unpaired) electrons. The van der Waals surface area contributed by atoms with Gasteiger partial charge in [-0.05, 0) is 31.4 Å². The number of halogens is 2. The SMILES string of the molecule is CCCCOC(=O)NCCC(=O)c1cccc(N(C)C2CCC(F)(F)CC2)c1. The first kappa shape index (κ1) is 22.1. The Kier molecular flexibility index (Phi) is 8.20. The molecule has 0 unspecified atom stereocenters. The van der Waals surface area contributed by atoms with Crippen molar-refractivity contribution in [3.05, 3.63) is 29.8 Å². The number of benzene rings is 1. The molecule has 1 saturated carbocycles. The predicted octanol–water partition coefficient (Wildman–Crippen LogP) is 4.80. The molecule has 0 spiro atoms. The molecule has 0 atom stereocenters. The third-order valence-electron chi connectivity index (χ3n) is 5.16. The van der Waals surface area contributed by atoms with Crippen molar-refractivity contribution >= 4 is 17.6 Å². The predicted molar refractivity (Wildman–Crippen MR) is 105 cm³/mol. The van der Waals surface area contributed by atoms with E-state index in [1.165, 1.54) is 0 Å². The molecule has 28 heavy (non-hydrogen) atoms. The number of carbonyl (C=O) groups excluding carboxylic acids is 2. The number of ether oxygens (including phenoxy) is 1. The van der Waals surface area contributed by atoms with Gasteiger partial charge in [0.05, 0.1) is 6.61 Å². The second-order valence-corrected chi connectivity index (χ2v) is 7.34. The summed E-state index contributed by atoms with van der Waals surface area (Å²) in [6.45, 7) is 2.59. The Bertz CT molecular complexity index is 657. The molecule has 1 fully saturated rings. The summed E-state index contributed by atoms with van der Waals surface area (Å²) in [6.07, 6.45) is 2.10. The fraction of sp³-hybridized carbons (Fsp3) is 0.619. The van der Waals surface area contributed by atoms with Gasteiger partial charge < -0.3 is 15.0 Å². The summed E-state index contributed by atoms with van der Waals surface area (Å²) in [4.78, 5) is 25.9. The van der Waals surface area contributed by atoms with Gasteiger partial charge in [-0.25, -0.2) is 13.6 Å². The highest BCUT2D eigenvalue weighted by atomic mass is 19.3. The van der Waals surface area contributed by atoms with Gasteiger partial charge in [0.1, 0.15) is 0 Å². The Labute approximate surface area is 165 Å². The summed E-state index contributed by atoms with van der Waals surface area (Å²) in [5, 5.41) is 2.58. The summed E-state index contributed by atoms with van der Waals surface area (Å²) in [7, 11) is 1.88. The maximum atomic E-state index is 13.4. The van der Waals surface area contributed by atoms with Crippen LogP contribution in [-0.2, 0) is 4.74 Å². The normalized spacial score (nSPS) is 16.4. The van der Waals surface area contributed by atoms with E-state index in [1.54, 1.807) is 18.2 Å². The number of Topliss-reactive ketones (excluding diaryl/α,β-unsaturated/α-hetero) is 1. The molecule has 5 nitrogen and oxygen atoms in total. The van der Waals surface area contributed by atoms with Crippen LogP contribution in [0.4, 0.5) is 19.3 Å². The average Bonchev–Trinajstić information content (AvgIpc) is 2.67. The largest absolute Gasteiger partial charge is 0.450 e. The minimum atomic E-state index is -2.56. The smallest absolute Gasteiger partial charge is 0.407 e. The van der Waals surface area contributed by atoms with E-state index in [1.807, 2.05) is 24.9 Å². The number of alkyl halides is 2. The number of alkyl carbamates (subject to hydrolysis) is 1. The molecule has 0 aromatic heterocycles. The standard InChI is InChI=1S/C21H30F2N2O3/c1-3-4-14-28-20(27)24-13-10-19(26)16-6-5-7-18(15-16)25(2)17-8-11-21(22,23)12-9-17/h5-7,15,17H,3-4,8-14H2,1-2H3,(H,24,27). The van der Waals surface area contributed by atoms with E-state index >= 15 is 0 Å². The van der Waals surface area contributed by atoms with Gasteiger partial charge in [0, 0.05) is 50.1 Å². The number of unbranched alkanes of at least 4 members (excludes halogenated alkanes) is 1. The maximum Gasteiger partial charge on any atom is 0.407 e. The molecule has 7 heteroatoms. The zero-order valence-electron chi connectivity index (χ0n) is 16.7. The van der Waals surface area contributed by atoms with Crippen molar-refractivity contribution in [2.75, 3.05) is 25.1 Å². The quantitative estimate of drug-likeness (QED) is 0.481. The number of nitrogens with zero attached hydrogens (tertiary/aromatic N) is 1. The molecule has 0 heterocycles. The first-order chi connectivity index (χ1) is 13.3. The van der Waals surface area contributed by atoms with E-state index in [4.69, 9.17) is 4.74 Å². The van der Waals surface area contributed by atoms with Crippen molar-refractivity contribution in [3.63, 3.8) is 0 Å². The number of rotatable bonds is 9. The number of nitrogens with one attached hydrogen (secondary N) is 1. The van der Waals surface area contributed by atoms with E-state index in [0.717, 1.165) is 18.5 Å². The fourth-order valence-electron chi connectivity index (χ4n) is 3.30. The number of hydrogen-bond donors (Lipinski definition) is 1. The van der Waals surface area contributed by atoms with Gasteiger partial charge in [0.25, 0.3) is 0 Å². The summed E-state index contributed by atoms with van der Waals surface area (Å²) in [5.41, 5.74) is 1.39. The lowest BCUT2D eigenvalue weighted by Crippen LogP contribution is -2.38. The van der Waals surface area contributed by atoms with E-state index in [2.05, 4.69) is 5.32 Å². The highest BCUT2D eigenvalue weighted by Gasteiger charge is 2.36. The summed E-state index contributed by atoms with van der Waals surface area (Å²) < 4.78 is 31.7. The summed E-state index contributed by atoms with van der Waals surface area (Å²) in [5.74, 6) is -2.64. The molecule has 0 aliphatic heterocycles. The van der Waals surface area contributed by atoms with E-state index in [0.29, 0.717) is 25.0 Å². The van der Waals surface area contributed by atoms with Crippen molar-refractivity contribution in [1.29, 1.82) is 0 Å². The molecule has 1 aliphatic carbocycles. The third-order valence-corrected chi connectivity index (χ3v) is 5.16. The van der Waals surface area contributed by atoms with E-state index in [-0.39, 0.29) is 37.6 Å². The van der Waals surface area contributed by atoms with Crippen LogP contribution in [0.5, 0.6) is 0 Å². The number of ketones is 1. The average molecular weight is 396 g/mol. The van der Waals surface area contributed by atoms with Crippen molar-refractivity contribution in [2.24, 2.45) is 0 Å². The van der Waals surface area contributed by atoms with Gasteiger partial charge in [-0.1, -0.05) is 25.5 Å². The fourth-order valence-corrected chi connectivity index (χ4v) is 3.30. The molecule has 0 bridgehead atoms. The lowest BCUT2D eigenvalue weighted by Gasteiger charge is -2.36. The van der Waals surface area contributed by atoms with Crippen LogP contribution in [0.1, 0.15) is 62.2 Å². The summed E-state index contributed by atoms with van der Waals surface area (Å²) in [6, 6.07) is 7.24. The maximum absolute atomic E-state index is 13.4. The van der Waals surface area contributed by atoms with Crippen molar-refractivity contribution in [1.82, 2.24) is 5.32 Å². The number of carbonyl (C=O) groups is 2. The monoisotopic (exact) mass is 396 g/mol. The first-order valence-corrected chi connectivity index (χ1v) is 9.97. The lowest BCUT2D eigenvalue weighted by atomic mass is 9.91. The topological polar surface area (TPSA) is 58.6 Å². The van der Waals surface area contributed by atoms with E-state index < -0.39 is 12.0 Å². The van der Waals surface area contributed by atoms with Crippen LogP contribution in [0.2, 0.25) is 0 Å². The van der Waals surface area contributed by atoms with Crippen molar-refractivity contribution in [3.8, 4) is 0 Å². The second kappa shape index (κ2) is 10.4. The molecule has 156 valence electrons. The zero-order valence-corrected chi connectivity index (χ0v) is 16.7. The number of anilines is 1. The van der Waals surface area contributed by atoms with Gasteiger partial charge in [0.2, 0.25) is 5.92 Å². The first-order valence-electron chi connectivity index (χ1n) is 9.97. The number of amides is 1. The number of hydrogen-bond acceptors (Lipinski definition) is 4. The van der Waals surface area contributed by atoms with Gasteiger partial charge in [-0.2, -0.15) is 0 Å². The minimum absolute atomic E-state index is 0.0459. The van der Waals surface area contributed by atoms with Crippen LogP contribution in [0.25, 0.3) is 0 Å². The van der Waals surface area contributed by atoms with Gasteiger partial charge in [0.15, 0.2) is 5.78 Å². The van der Waals surface area contributed by atoms with E-state index in [9.17, 15) is 18.4 Å². The Balaban J connectivity index is 1.84. The molecule has 1 aliphatic rings. The van der Waals surface area contributed by atoms with Crippen LogP contribution in [0.15, 0.2) is 24.3 Å². The van der Waals surface area contributed by atoms with Crippen LogP contribution in [-0.4, -0.2) is 44.0 Å². The molecule has 2 rings (SSSR count). The Hall–Kier alpha value is -2.18. The minimum Gasteiger partial charge on any atom is -0.450 e. The van der Waals surface area contributed by atoms with Crippen molar-refractivity contribution < 1.29 is 23.1 Å². The van der Waals surface area contributed by atoms with Crippen LogP contribution < -0.4 is 10.2 Å². The molecular weight excluding hydrogens is 366 g/mol.